The van der Waals surface area contributed by atoms with Gasteiger partial charge in [0, 0.05) is 12.2 Å². The highest BCUT2D eigenvalue weighted by Crippen LogP contribution is 2.04. The minimum atomic E-state index is 0.0833. The van der Waals surface area contributed by atoms with Crippen LogP contribution in [0.15, 0.2) is 24.2 Å². The van der Waals surface area contributed by atoms with Crippen molar-refractivity contribution in [2.45, 2.75) is 19.9 Å². The van der Waals surface area contributed by atoms with Crippen molar-refractivity contribution in [2.75, 3.05) is 0 Å². The molecule has 0 radical (unpaired) electrons. The molecule has 0 aromatic carbocycles. The first kappa shape index (κ1) is 8.87. The molecule has 0 saturated heterocycles. The van der Waals surface area contributed by atoms with Crippen LogP contribution in [0.2, 0.25) is 0 Å². The van der Waals surface area contributed by atoms with Crippen molar-refractivity contribution in [3.05, 3.63) is 29.9 Å². The van der Waals surface area contributed by atoms with E-state index in [2.05, 4.69) is 9.97 Å². The Hall–Kier alpha value is -1.22. The van der Waals surface area contributed by atoms with E-state index in [1.54, 1.807) is 6.20 Å². The lowest BCUT2D eigenvalue weighted by atomic mass is 10.1. The van der Waals surface area contributed by atoms with Gasteiger partial charge in [0.25, 0.3) is 0 Å². The molecule has 3 nitrogen and oxygen atoms in total. The molecule has 0 bridgehead atoms. The van der Waals surface area contributed by atoms with Crippen molar-refractivity contribution in [2.24, 2.45) is 5.73 Å². The molecule has 1 heterocycles. The standard InChI is InChI=1S/C9H13N3/c1-7(8(2)10)5-9-3-4-11-6-12-9/h3-6,8H,10H2,1-2H3/b7-5+. The lowest BCUT2D eigenvalue weighted by Gasteiger charge is -2.03. The summed E-state index contributed by atoms with van der Waals surface area (Å²) in [5.41, 5.74) is 7.69. The minimum Gasteiger partial charge on any atom is -0.324 e. The molecule has 2 N–H and O–H groups in total. The van der Waals surface area contributed by atoms with Crippen LogP contribution >= 0.6 is 0 Å². The molecule has 3 heteroatoms. The SMILES string of the molecule is C/C(=C\c1ccncn1)C(C)N. The quantitative estimate of drug-likeness (QED) is 0.713. The van der Waals surface area contributed by atoms with Gasteiger partial charge in [-0.25, -0.2) is 9.97 Å². The Kier molecular flexibility index (Phi) is 2.94. The van der Waals surface area contributed by atoms with E-state index in [-0.39, 0.29) is 6.04 Å². The number of nitrogens with zero attached hydrogens (tertiary/aromatic N) is 2. The van der Waals surface area contributed by atoms with Crippen LogP contribution in [0.4, 0.5) is 0 Å². The first-order valence-electron chi connectivity index (χ1n) is 3.90. The van der Waals surface area contributed by atoms with Gasteiger partial charge < -0.3 is 5.73 Å². The minimum absolute atomic E-state index is 0.0833. The molecule has 0 aliphatic carbocycles. The highest BCUT2D eigenvalue weighted by molar-refractivity contribution is 5.48. The molecule has 1 aromatic heterocycles. The first-order valence-corrected chi connectivity index (χ1v) is 3.90. The molecule has 1 aromatic rings. The van der Waals surface area contributed by atoms with Gasteiger partial charge >= 0.3 is 0 Å². The summed E-state index contributed by atoms with van der Waals surface area (Å²) in [6, 6.07) is 1.94. The van der Waals surface area contributed by atoms with Gasteiger partial charge in [-0.3, -0.25) is 0 Å². The molecular weight excluding hydrogens is 150 g/mol. The Balaban J connectivity index is 2.81. The molecule has 0 fully saturated rings. The topological polar surface area (TPSA) is 51.8 Å². The predicted octanol–water partition coefficient (Wildman–Crippen LogP) is 1.23. The van der Waals surface area contributed by atoms with E-state index < -0.39 is 0 Å². The van der Waals surface area contributed by atoms with Crippen LogP contribution < -0.4 is 5.73 Å². The highest BCUT2D eigenvalue weighted by Gasteiger charge is 1.96. The van der Waals surface area contributed by atoms with Crippen LogP contribution in [0, 0.1) is 0 Å². The zero-order valence-corrected chi connectivity index (χ0v) is 7.36. The fourth-order valence-corrected chi connectivity index (χ4v) is 0.751. The lowest BCUT2D eigenvalue weighted by Crippen LogP contribution is -2.15. The summed E-state index contributed by atoms with van der Waals surface area (Å²) >= 11 is 0. The summed E-state index contributed by atoms with van der Waals surface area (Å²) in [4.78, 5) is 7.88. The Morgan fingerprint density at radius 1 is 1.67 bits per heavy atom. The molecule has 12 heavy (non-hydrogen) atoms. The maximum Gasteiger partial charge on any atom is 0.115 e. The second kappa shape index (κ2) is 3.97. The maximum absolute atomic E-state index is 5.67. The van der Waals surface area contributed by atoms with Crippen LogP contribution in [0.25, 0.3) is 6.08 Å². The van der Waals surface area contributed by atoms with Crippen LogP contribution in [-0.2, 0) is 0 Å². The van der Waals surface area contributed by atoms with Crippen LogP contribution in [0.3, 0.4) is 0 Å². The molecule has 0 saturated carbocycles. The van der Waals surface area contributed by atoms with Crippen molar-refractivity contribution < 1.29 is 0 Å². The molecule has 1 rings (SSSR count). The van der Waals surface area contributed by atoms with Gasteiger partial charge in [0.05, 0.1) is 5.69 Å². The molecule has 0 spiro atoms. The molecule has 1 atom stereocenters. The van der Waals surface area contributed by atoms with E-state index in [1.807, 2.05) is 26.0 Å². The third-order valence-corrected chi connectivity index (χ3v) is 1.70. The molecule has 0 aliphatic rings. The van der Waals surface area contributed by atoms with Crippen LogP contribution in [0.1, 0.15) is 19.5 Å². The summed E-state index contributed by atoms with van der Waals surface area (Å²) in [5, 5.41) is 0. The fraction of sp³-hybridized carbons (Fsp3) is 0.333. The first-order chi connectivity index (χ1) is 5.70. The monoisotopic (exact) mass is 163 g/mol. The van der Waals surface area contributed by atoms with Crippen LogP contribution in [0.5, 0.6) is 0 Å². The average Bonchev–Trinajstić information content (AvgIpc) is 2.06. The Morgan fingerprint density at radius 3 is 2.92 bits per heavy atom. The Morgan fingerprint density at radius 2 is 2.42 bits per heavy atom. The number of nitrogens with two attached hydrogens (primary N) is 1. The Bertz CT molecular complexity index is 264. The summed E-state index contributed by atoms with van der Waals surface area (Å²) in [6.45, 7) is 3.94. The van der Waals surface area contributed by atoms with E-state index in [4.69, 9.17) is 5.73 Å². The largest absolute Gasteiger partial charge is 0.324 e. The number of rotatable bonds is 2. The summed E-state index contributed by atoms with van der Waals surface area (Å²) < 4.78 is 0. The van der Waals surface area contributed by atoms with Crippen LogP contribution in [-0.4, -0.2) is 16.0 Å². The van der Waals surface area contributed by atoms with E-state index >= 15 is 0 Å². The van der Waals surface area contributed by atoms with Crippen molar-refractivity contribution in [1.82, 2.24) is 9.97 Å². The fourth-order valence-electron chi connectivity index (χ4n) is 0.751. The summed E-state index contributed by atoms with van der Waals surface area (Å²) in [6.07, 6.45) is 5.21. The second-order valence-corrected chi connectivity index (χ2v) is 2.81. The molecule has 1 unspecified atom stereocenters. The van der Waals surface area contributed by atoms with Gasteiger partial charge in [-0.15, -0.1) is 0 Å². The zero-order chi connectivity index (χ0) is 8.97. The van der Waals surface area contributed by atoms with E-state index in [0.717, 1.165) is 11.3 Å². The van der Waals surface area contributed by atoms with Crippen molar-refractivity contribution in [1.29, 1.82) is 0 Å². The van der Waals surface area contributed by atoms with Gasteiger partial charge in [-0.05, 0) is 26.0 Å². The zero-order valence-electron chi connectivity index (χ0n) is 7.36. The van der Waals surface area contributed by atoms with Gasteiger partial charge in [0.1, 0.15) is 6.33 Å². The molecular formula is C9H13N3. The number of hydrogen-bond acceptors (Lipinski definition) is 3. The summed E-state index contributed by atoms with van der Waals surface area (Å²) in [5.74, 6) is 0. The van der Waals surface area contributed by atoms with E-state index in [0.29, 0.717) is 0 Å². The van der Waals surface area contributed by atoms with E-state index in [9.17, 15) is 0 Å². The van der Waals surface area contributed by atoms with Gasteiger partial charge in [-0.2, -0.15) is 0 Å². The molecule has 0 aliphatic heterocycles. The lowest BCUT2D eigenvalue weighted by molar-refractivity contribution is 0.867. The predicted molar refractivity (Wildman–Crippen MR) is 49.3 cm³/mol. The third kappa shape index (κ3) is 2.43. The third-order valence-electron chi connectivity index (χ3n) is 1.70. The highest BCUT2D eigenvalue weighted by atomic mass is 14.8. The normalized spacial score (nSPS) is 14.4. The van der Waals surface area contributed by atoms with Gasteiger partial charge in [-0.1, -0.05) is 5.57 Å². The van der Waals surface area contributed by atoms with Gasteiger partial charge in [0.15, 0.2) is 0 Å². The smallest absolute Gasteiger partial charge is 0.115 e. The van der Waals surface area contributed by atoms with E-state index in [1.165, 1.54) is 6.33 Å². The van der Waals surface area contributed by atoms with Crippen molar-refractivity contribution in [3.63, 3.8) is 0 Å². The van der Waals surface area contributed by atoms with Gasteiger partial charge in [0.2, 0.25) is 0 Å². The number of hydrogen-bond donors (Lipinski definition) is 1. The maximum atomic E-state index is 5.67. The average molecular weight is 163 g/mol. The van der Waals surface area contributed by atoms with Crippen molar-refractivity contribution >= 4 is 6.08 Å². The Labute approximate surface area is 72.3 Å². The second-order valence-electron chi connectivity index (χ2n) is 2.81. The van der Waals surface area contributed by atoms with Crippen molar-refractivity contribution in [3.8, 4) is 0 Å². The summed E-state index contributed by atoms with van der Waals surface area (Å²) in [7, 11) is 0. The number of aromatic nitrogens is 2. The molecule has 0 amide bonds. The molecule has 64 valence electrons.